The van der Waals surface area contributed by atoms with Gasteiger partial charge in [0.2, 0.25) is 0 Å². The molecule has 2 atom stereocenters. The molecule has 1 fully saturated rings. The molecule has 3 rings (SSSR count). The number of amides is 2. The lowest BCUT2D eigenvalue weighted by Crippen LogP contribution is -2.50. The summed E-state index contributed by atoms with van der Waals surface area (Å²) in [6.07, 6.45) is 0.503. The molecule has 2 unspecified atom stereocenters. The van der Waals surface area contributed by atoms with Gasteiger partial charge in [-0.2, -0.15) is 8.78 Å². The number of hydrogen-bond acceptors (Lipinski definition) is 5. The van der Waals surface area contributed by atoms with E-state index in [9.17, 15) is 18.4 Å². The van der Waals surface area contributed by atoms with Crippen LogP contribution in [0.25, 0.3) is 0 Å². The number of carbonyl (C=O) groups is 2. The topological polar surface area (TPSA) is 91.5 Å². The van der Waals surface area contributed by atoms with Crippen LogP contribution in [-0.4, -0.2) is 24.5 Å². The molecule has 0 bridgehead atoms. The van der Waals surface area contributed by atoms with Gasteiger partial charge < -0.3 is 4.74 Å². The van der Waals surface area contributed by atoms with Crippen molar-refractivity contribution in [3.05, 3.63) is 65.7 Å². The number of ether oxygens (including phenoxy) is 1. The number of hydrazine groups is 2. The number of halogens is 2. The van der Waals surface area contributed by atoms with Gasteiger partial charge >= 0.3 is 6.61 Å². The molecule has 1 aliphatic rings. The van der Waals surface area contributed by atoms with Crippen molar-refractivity contribution in [2.75, 3.05) is 0 Å². The maximum Gasteiger partial charge on any atom is 0.387 e. The monoisotopic (exact) mass is 376 g/mol. The van der Waals surface area contributed by atoms with Crippen LogP contribution in [0.1, 0.15) is 28.4 Å². The van der Waals surface area contributed by atoms with Crippen LogP contribution in [0.15, 0.2) is 54.6 Å². The number of hydrogen-bond donors (Lipinski definition) is 4. The van der Waals surface area contributed by atoms with Crippen molar-refractivity contribution in [1.29, 1.82) is 0 Å². The summed E-state index contributed by atoms with van der Waals surface area (Å²) in [4.78, 5) is 24.3. The smallest absolute Gasteiger partial charge is 0.387 e. The lowest BCUT2D eigenvalue weighted by molar-refractivity contribution is -0.123. The van der Waals surface area contributed by atoms with E-state index in [1.807, 2.05) is 30.3 Å². The maximum atomic E-state index is 12.2. The fourth-order valence-electron chi connectivity index (χ4n) is 2.72. The SMILES string of the molecule is O=C(NNC(=O)C1CC(c2ccccc2)NN1)c1cccc(OC(F)F)c1. The number of benzene rings is 2. The molecule has 1 saturated heterocycles. The van der Waals surface area contributed by atoms with Gasteiger partial charge in [-0.25, -0.2) is 10.9 Å². The van der Waals surface area contributed by atoms with Crippen LogP contribution in [0.4, 0.5) is 8.78 Å². The second-order valence-corrected chi connectivity index (χ2v) is 5.89. The highest BCUT2D eigenvalue weighted by Crippen LogP contribution is 2.21. The molecule has 0 aliphatic carbocycles. The average molecular weight is 376 g/mol. The summed E-state index contributed by atoms with van der Waals surface area (Å²) in [6, 6.07) is 14.4. The standard InChI is InChI=1S/C18H18F2N4O3/c19-18(20)27-13-8-4-7-12(9-13)16(25)23-24-17(26)15-10-14(21-22-15)11-5-2-1-3-6-11/h1-9,14-15,18,21-22H,10H2,(H,23,25)(H,24,26). The van der Waals surface area contributed by atoms with E-state index in [-0.39, 0.29) is 17.4 Å². The Labute approximate surface area is 154 Å². The molecule has 1 heterocycles. The fourth-order valence-corrected chi connectivity index (χ4v) is 2.72. The van der Waals surface area contributed by atoms with Crippen molar-refractivity contribution in [2.45, 2.75) is 25.1 Å². The Kier molecular flexibility index (Phi) is 5.94. The third kappa shape index (κ3) is 4.99. The molecule has 9 heteroatoms. The van der Waals surface area contributed by atoms with E-state index in [4.69, 9.17) is 0 Å². The average Bonchev–Trinajstić information content (AvgIpc) is 3.16. The molecule has 142 valence electrons. The van der Waals surface area contributed by atoms with E-state index >= 15 is 0 Å². The van der Waals surface area contributed by atoms with Gasteiger partial charge in [-0.15, -0.1) is 0 Å². The van der Waals surface area contributed by atoms with Crippen molar-refractivity contribution in [2.24, 2.45) is 0 Å². The van der Waals surface area contributed by atoms with Crippen LogP contribution in [0.2, 0.25) is 0 Å². The first-order chi connectivity index (χ1) is 13.0. The zero-order valence-electron chi connectivity index (χ0n) is 14.1. The Bertz CT molecular complexity index is 804. The summed E-state index contributed by atoms with van der Waals surface area (Å²) in [6.45, 7) is -2.98. The van der Waals surface area contributed by atoms with Gasteiger partial charge in [0.15, 0.2) is 0 Å². The van der Waals surface area contributed by atoms with E-state index in [0.717, 1.165) is 11.6 Å². The summed E-state index contributed by atoms with van der Waals surface area (Å²) in [7, 11) is 0. The van der Waals surface area contributed by atoms with Gasteiger partial charge in [-0.05, 0) is 30.2 Å². The zero-order chi connectivity index (χ0) is 19.2. The minimum Gasteiger partial charge on any atom is -0.435 e. The first kappa shape index (κ1) is 18.7. The molecule has 2 amide bonds. The second-order valence-electron chi connectivity index (χ2n) is 5.89. The van der Waals surface area contributed by atoms with Gasteiger partial charge in [0.05, 0.1) is 0 Å². The molecule has 7 nitrogen and oxygen atoms in total. The lowest BCUT2D eigenvalue weighted by Gasteiger charge is -2.12. The van der Waals surface area contributed by atoms with Crippen LogP contribution >= 0.6 is 0 Å². The first-order valence-corrected chi connectivity index (χ1v) is 8.24. The number of carbonyl (C=O) groups excluding carboxylic acids is 2. The third-order valence-electron chi connectivity index (χ3n) is 4.04. The molecule has 0 spiro atoms. The highest BCUT2D eigenvalue weighted by molar-refractivity contribution is 5.96. The van der Waals surface area contributed by atoms with Crippen molar-refractivity contribution in [1.82, 2.24) is 21.7 Å². The van der Waals surface area contributed by atoms with Crippen molar-refractivity contribution >= 4 is 11.8 Å². The predicted molar refractivity (Wildman–Crippen MR) is 92.5 cm³/mol. The molecular weight excluding hydrogens is 358 g/mol. The highest BCUT2D eigenvalue weighted by Gasteiger charge is 2.30. The van der Waals surface area contributed by atoms with Gasteiger partial charge in [-0.3, -0.25) is 20.4 Å². The molecule has 4 N–H and O–H groups in total. The molecule has 1 aliphatic heterocycles. The Morgan fingerprint density at radius 2 is 1.81 bits per heavy atom. The van der Waals surface area contributed by atoms with Crippen LogP contribution in [-0.2, 0) is 4.79 Å². The van der Waals surface area contributed by atoms with Crippen LogP contribution in [0.5, 0.6) is 5.75 Å². The van der Waals surface area contributed by atoms with Gasteiger partial charge in [0.1, 0.15) is 11.8 Å². The zero-order valence-corrected chi connectivity index (χ0v) is 14.1. The number of nitrogens with one attached hydrogen (secondary N) is 4. The summed E-state index contributed by atoms with van der Waals surface area (Å²) >= 11 is 0. The Morgan fingerprint density at radius 1 is 1.04 bits per heavy atom. The molecule has 0 aromatic heterocycles. The van der Waals surface area contributed by atoms with Gasteiger partial charge in [0, 0.05) is 11.6 Å². The summed E-state index contributed by atoms with van der Waals surface area (Å²) in [5.41, 5.74) is 11.6. The van der Waals surface area contributed by atoms with Crippen LogP contribution in [0, 0.1) is 0 Å². The minimum absolute atomic E-state index is 0.0270. The van der Waals surface area contributed by atoms with E-state index in [1.165, 1.54) is 18.2 Å². The largest absolute Gasteiger partial charge is 0.435 e. The summed E-state index contributed by atoms with van der Waals surface area (Å²) in [5, 5.41) is 0. The molecule has 0 saturated carbocycles. The van der Waals surface area contributed by atoms with Crippen LogP contribution in [0.3, 0.4) is 0 Å². The second kappa shape index (κ2) is 8.56. The maximum absolute atomic E-state index is 12.2. The van der Waals surface area contributed by atoms with Crippen molar-refractivity contribution in [3.63, 3.8) is 0 Å². The number of rotatable bonds is 5. The number of alkyl halides is 2. The van der Waals surface area contributed by atoms with Gasteiger partial charge in [0.25, 0.3) is 11.8 Å². The fraction of sp³-hybridized carbons (Fsp3) is 0.222. The van der Waals surface area contributed by atoms with Crippen molar-refractivity contribution in [3.8, 4) is 5.75 Å². The Hall–Kier alpha value is -3.04. The van der Waals surface area contributed by atoms with E-state index in [0.29, 0.717) is 6.42 Å². The Morgan fingerprint density at radius 3 is 2.56 bits per heavy atom. The van der Waals surface area contributed by atoms with Gasteiger partial charge in [-0.1, -0.05) is 36.4 Å². The van der Waals surface area contributed by atoms with Crippen LogP contribution < -0.4 is 26.4 Å². The molecule has 2 aromatic rings. The van der Waals surface area contributed by atoms with E-state index in [2.05, 4.69) is 26.4 Å². The first-order valence-electron chi connectivity index (χ1n) is 8.24. The molecule has 0 radical (unpaired) electrons. The van der Waals surface area contributed by atoms with Crippen molar-refractivity contribution < 1.29 is 23.1 Å². The predicted octanol–water partition coefficient (Wildman–Crippen LogP) is 1.66. The van der Waals surface area contributed by atoms with E-state index in [1.54, 1.807) is 0 Å². The minimum atomic E-state index is -2.98. The summed E-state index contributed by atoms with van der Waals surface area (Å²) < 4.78 is 28.7. The Balaban J connectivity index is 1.51. The highest BCUT2D eigenvalue weighted by atomic mass is 19.3. The van der Waals surface area contributed by atoms with E-state index < -0.39 is 24.5 Å². The molecular formula is C18H18F2N4O3. The summed E-state index contributed by atoms with van der Waals surface area (Å²) in [5.74, 6) is -1.21. The molecule has 2 aromatic carbocycles. The normalized spacial score (nSPS) is 18.9. The molecule has 27 heavy (non-hydrogen) atoms. The lowest BCUT2D eigenvalue weighted by atomic mass is 10.0. The quantitative estimate of drug-likeness (QED) is 0.596. The third-order valence-corrected chi connectivity index (χ3v) is 4.04.